The van der Waals surface area contributed by atoms with E-state index in [-0.39, 0.29) is 47.8 Å². The number of nitrogens with two attached hydrogens (primary N) is 2. The summed E-state index contributed by atoms with van der Waals surface area (Å²) in [5.74, 6) is -0.681. The van der Waals surface area contributed by atoms with E-state index in [1.807, 2.05) is 66.7 Å². The van der Waals surface area contributed by atoms with Crippen LogP contribution in [0.15, 0.2) is 155 Å². The Morgan fingerprint density at radius 1 is 0.488 bits per heavy atom. The first-order valence-electron chi connectivity index (χ1n) is 28.8. The molecule has 4 aromatic heterocycles. The van der Waals surface area contributed by atoms with Crippen LogP contribution in [0, 0.1) is 23.5 Å². The summed E-state index contributed by atoms with van der Waals surface area (Å²) >= 11 is 6.74. The van der Waals surface area contributed by atoms with Crippen LogP contribution in [0.1, 0.15) is 120 Å². The summed E-state index contributed by atoms with van der Waals surface area (Å²) in [6.45, 7) is 11.1. The third kappa shape index (κ3) is 18.9. The molecular weight excluding hydrogens is 1240 g/mol. The highest BCUT2D eigenvalue weighted by atomic mass is 79.9. The summed E-state index contributed by atoms with van der Waals surface area (Å²) in [4.78, 5) is 60.5. The molecule has 10 rings (SSSR count). The molecule has 0 spiro atoms. The lowest BCUT2D eigenvalue weighted by Gasteiger charge is -2.12. The maximum Gasteiger partial charge on any atom is 0.337 e. The maximum absolute atomic E-state index is 13.1. The summed E-state index contributed by atoms with van der Waals surface area (Å²) in [7, 11) is 0. The summed E-state index contributed by atoms with van der Waals surface area (Å²) < 4.78 is 28.1. The van der Waals surface area contributed by atoms with Gasteiger partial charge < -0.3 is 52.5 Å². The number of H-pyrrole nitrogens is 4. The highest BCUT2D eigenvalue weighted by molar-refractivity contribution is 9.10. The number of carboxylic acid groups (broad SMARTS) is 1. The molecule has 86 heavy (non-hydrogen) atoms. The number of rotatable bonds is 21. The van der Waals surface area contributed by atoms with E-state index in [2.05, 4.69) is 95.4 Å². The molecule has 454 valence electrons. The van der Waals surface area contributed by atoms with Crippen molar-refractivity contribution in [3.63, 3.8) is 0 Å². The van der Waals surface area contributed by atoms with Crippen molar-refractivity contribution in [1.29, 1.82) is 0 Å². The molecule has 3 atom stereocenters. The number of hydrogen-bond donors (Lipinski definition) is 10. The Bertz CT molecular complexity index is 3680. The fourth-order valence-electron chi connectivity index (χ4n) is 9.65. The second kappa shape index (κ2) is 33.3. The second-order valence-corrected chi connectivity index (χ2v) is 23.2. The lowest BCUT2D eigenvalue weighted by atomic mass is 10.0. The molecule has 6 aromatic carbocycles. The fraction of sp³-hybridized carbons (Fsp3) is 0.284. The van der Waals surface area contributed by atoms with Gasteiger partial charge in [-0.15, -0.1) is 12.4 Å². The number of unbranched alkanes of at least 4 members (excludes halogenated alkanes) is 2. The Labute approximate surface area is 523 Å². The minimum absolute atomic E-state index is 0. The van der Waals surface area contributed by atoms with Crippen LogP contribution in [0.2, 0.25) is 0 Å². The summed E-state index contributed by atoms with van der Waals surface area (Å²) in [6.07, 6.45) is 15.4. The van der Waals surface area contributed by atoms with E-state index < -0.39 is 5.97 Å². The number of benzene rings is 6. The number of aromatic carboxylic acids is 1. The lowest BCUT2D eigenvalue weighted by molar-refractivity contribution is 0.0698. The molecule has 0 radical (unpaired) electrons. The zero-order valence-electron chi connectivity index (χ0n) is 48.7. The van der Waals surface area contributed by atoms with Gasteiger partial charge in [-0.1, -0.05) is 122 Å². The first-order valence-corrected chi connectivity index (χ1v) is 30.4. The van der Waals surface area contributed by atoms with Gasteiger partial charge in [0.15, 0.2) is 0 Å². The molecule has 0 bridgehead atoms. The van der Waals surface area contributed by atoms with Gasteiger partial charge in [-0.25, -0.2) is 13.6 Å². The van der Waals surface area contributed by atoms with Gasteiger partial charge in [-0.3, -0.25) is 14.4 Å². The molecule has 0 saturated heterocycles. The molecule has 4 heterocycles. The largest absolute Gasteiger partial charge is 0.478 e. The smallest absolute Gasteiger partial charge is 0.337 e. The number of amides is 3. The van der Waals surface area contributed by atoms with Gasteiger partial charge in [0.2, 0.25) is 0 Å². The molecule has 10 aromatic rings. The third-order valence-electron chi connectivity index (χ3n) is 14.6. The normalized spacial score (nSPS) is 11.9. The predicted octanol–water partition coefficient (Wildman–Crippen LogP) is 15.8. The Morgan fingerprint density at radius 3 is 1.20 bits per heavy atom. The molecule has 0 fully saturated rings. The van der Waals surface area contributed by atoms with Crippen molar-refractivity contribution in [2.24, 2.45) is 23.3 Å². The standard InChI is InChI=1S/C22H25FN2O.C20H23FN4O.C16H21BrN2O.C9H6BrNO2.ClH/c1-3-4-5-15(2)13-25-22(26)20-14-24-21-11-8-17(12-19(20)21)16-6-9-18(23)10-7-16;21-15-6-3-13(4-7-15)14-5-8-19-17(10-14)18(12-24-19)20(26)25-11-16(23)2-1-9-22;1-3-4-5-11(2)9-19-16(20)14-10-18-15-7-6-12(17)8-13(14)15;10-5-1-2-8-6(3-5)7(4-11-8)9(12)13;/h6-12,14-15,24H,3-5,13H2,1-2H3,(H,25,26);3-8,10,12,16,24H,1-2,9,11,22-23H2,(H,25,26);6-8,10-11,18H,3-5,9H2,1-2H3,(H,19,20);1-4,11H,(H,12,13);1H/t15-;16-;11-;;/m000../s1. The van der Waals surface area contributed by atoms with Crippen LogP contribution in [0.5, 0.6) is 0 Å². The molecule has 3 amide bonds. The van der Waals surface area contributed by atoms with E-state index in [1.54, 1.807) is 48.9 Å². The number of aromatic nitrogens is 4. The number of hydrogen-bond acceptors (Lipinski definition) is 6. The number of carbonyl (C=O) groups is 4. The minimum Gasteiger partial charge on any atom is -0.478 e. The Balaban J connectivity index is 0.000000188. The van der Waals surface area contributed by atoms with E-state index in [4.69, 9.17) is 16.6 Å². The number of fused-ring (bicyclic) bond motifs is 4. The number of halogens is 5. The van der Waals surface area contributed by atoms with Crippen LogP contribution in [0.4, 0.5) is 8.78 Å². The van der Waals surface area contributed by atoms with Crippen molar-refractivity contribution >= 4 is 112 Å². The van der Waals surface area contributed by atoms with Crippen molar-refractivity contribution < 1.29 is 33.1 Å². The van der Waals surface area contributed by atoms with Gasteiger partial charge in [-0.05, 0) is 151 Å². The Kier molecular flexibility index (Phi) is 26.2. The van der Waals surface area contributed by atoms with Crippen molar-refractivity contribution in [3.8, 4) is 22.3 Å². The van der Waals surface area contributed by atoms with Gasteiger partial charge >= 0.3 is 5.97 Å². The molecule has 0 aliphatic carbocycles. The van der Waals surface area contributed by atoms with E-state index >= 15 is 0 Å². The fourth-order valence-corrected chi connectivity index (χ4v) is 10.4. The lowest BCUT2D eigenvalue weighted by Crippen LogP contribution is -2.37. The predicted molar refractivity (Wildman–Crippen MR) is 354 cm³/mol. The molecule has 14 nitrogen and oxygen atoms in total. The van der Waals surface area contributed by atoms with Crippen molar-refractivity contribution in [2.75, 3.05) is 26.2 Å². The molecule has 0 aliphatic heterocycles. The number of carboxylic acids is 1. The van der Waals surface area contributed by atoms with Crippen LogP contribution < -0.4 is 27.4 Å². The first kappa shape index (κ1) is 67.5. The first-order chi connectivity index (χ1) is 41.0. The summed E-state index contributed by atoms with van der Waals surface area (Å²) in [5.41, 5.74) is 21.0. The number of carbonyl (C=O) groups excluding carboxylic acids is 3. The van der Waals surface area contributed by atoms with Gasteiger partial charge in [-0.2, -0.15) is 0 Å². The highest BCUT2D eigenvalue weighted by Crippen LogP contribution is 2.29. The number of aromatic amines is 4. The summed E-state index contributed by atoms with van der Waals surface area (Å²) in [6, 6.07) is 35.7. The van der Waals surface area contributed by atoms with Crippen LogP contribution in [-0.4, -0.2) is 81.0 Å². The number of nitrogens with one attached hydrogen (secondary N) is 7. The topological polar surface area (TPSA) is 240 Å². The van der Waals surface area contributed by atoms with Crippen molar-refractivity contribution in [3.05, 3.63) is 189 Å². The van der Waals surface area contributed by atoms with E-state index in [9.17, 15) is 28.0 Å². The van der Waals surface area contributed by atoms with Crippen molar-refractivity contribution in [1.82, 2.24) is 35.9 Å². The van der Waals surface area contributed by atoms with Crippen LogP contribution in [0.3, 0.4) is 0 Å². The Morgan fingerprint density at radius 2 is 0.826 bits per heavy atom. The zero-order chi connectivity index (χ0) is 61.0. The van der Waals surface area contributed by atoms with Crippen LogP contribution >= 0.6 is 44.3 Å². The van der Waals surface area contributed by atoms with Gasteiger partial charge in [0.1, 0.15) is 11.6 Å². The van der Waals surface area contributed by atoms with E-state index in [0.717, 1.165) is 107 Å². The average Bonchev–Trinajstić information content (AvgIpc) is 4.17. The summed E-state index contributed by atoms with van der Waals surface area (Å²) in [5, 5.41) is 21.2. The minimum atomic E-state index is -0.913. The van der Waals surface area contributed by atoms with Gasteiger partial charge in [0, 0.05) is 103 Å². The second-order valence-electron chi connectivity index (χ2n) is 21.3. The molecule has 0 aliphatic rings. The highest BCUT2D eigenvalue weighted by Gasteiger charge is 2.18. The quantitative estimate of drug-likeness (QED) is 0.0333. The molecule has 0 saturated carbocycles. The maximum atomic E-state index is 13.1. The zero-order valence-corrected chi connectivity index (χ0v) is 52.7. The van der Waals surface area contributed by atoms with Crippen LogP contribution in [-0.2, 0) is 0 Å². The molecule has 19 heteroatoms. The van der Waals surface area contributed by atoms with E-state index in [1.165, 1.54) is 56.1 Å². The van der Waals surface area contributed by atoms with Gasteiger partial charge in [0.25, 0.3) is 17.7 Å². The van der Waals surface area contributed by atoms with Crippen LogP contribution in [0.25, 0.3) is 65.9 Å². The molecule has 0 unspecified atom stereocenters. The molecular formula is C67H76Br2ClF2N9O5. The third-order valence-corrected chi connectivity index (χ3v) is 15.6. The van der Waals surface area contributed by atoms with E-state index in [0.29, 0.717) is 53.7 Å². The van der Waals surface area contributed by atoms with Crippen molar-refractivity contribution in [2.45, 2.75) is 85.1 Å². The average molecular weight is 1320 g/mol. The Hall–Kier alpha value is -7.61. The van der Waals surface area contributed by atoms with Gasteiger partial charge in [0.05, 0.1) is 22.3 Å². The monoisotopic (exact) mass is 1320 g/mol. The molecule has 12 N–H and O–H groups in total. The SMILES string of the molecule is CCCC[C@H](C)CNC(=O)c1c[nH]c2ccc(-c3ccc(F)cc3)cc12.CCCC[C@H](C)CNC(=O)c1c[nH]c2ccc(Br)cc12.Cl.NCCC[C@H](N)CNC(=O)c1c[nH]c2ccc(-c3ccc(F)cc3)cc12.O=C(O)c1c[nH]c2ccc(Br)cc12.